The number of alkyl halides is 3. The van der Waals surface area contributed by atoms with Crippen molar-refractivity contribution in [3.63, 3.8) is 0 Å². The zero-order valence-corrected chi connectivity index (χ0v) is 24.8. The van der Waals surface area contributed by atoms with Gasteiger partial charge in [0.25, 0.3) is 0 Å². The second-order valence-corrected chi connectivity index (χ2v) is 13.8. The predicted octanol–water partition coefficient (Wildman–Crippen LogP) is 5.25. The summed E-state index contributed by atoms with van der Waals surface area (Å²) in [6.07, 6.45) is 2.06. The second kappa shape index (κ2) is 13.3. The first kappa shape index (κ1) is 29.6. The summed E-state index contributed by atoms with van der Waals surface area (Å²) >= 11 is 0. The number of rotatable bonds is 8. The van der Waals surface area contributed by atoms with Crippen LogP contribution in [-0.4, -0.2) is 12.5 Å². The zero-order chi connectivity index (χ0) is 26.4. The fourth-order valence-electron chi connectivity index (χ4n) is 5.98. The van der Waals surface area contributed by atoms with Gasteiger partial charge >= 0.3 is 6.36 Å². The fraction of sp³-hybridized carbons (Fsp3) is 0.273. The molecule has 39 heavy (non-hydrogen) atoms. The third-order valence-corrected chi connectivity index (χ3v) is 12.4. The zero-order valence-electron chi connectivity index (χ0n) is 21.7. The van der Waals surface area contributed by atoms with Crippen molar-refractivity contribution in [2.24, 2.45) is 5.92 Å². The minimum atomic E-state index is -4.66. The molecule has 204 valence electrons. The minimum Gasteiger partial charge on any atom is -1.00 e. The molecule has 0 aromatic heterocycles. The van der Waals surface area contributed by atoms with Gasteiger partial charge in [-0.2, -0.15) is 0 Å². The van der Waals surface area contributed by atoms with Gasteiger partial charge in [-0.25, -0.2) is 0 Å². The number of hydrogen-bond donors (Lipinski definition) is 0. The second-order valence-electron chi connectivity index (χ2n) is 10.2. The summed E-state index contributed by atoms with van der Waals surface area (Å²) in [5.41, 5.74) is 1.11. The van der Waals surface area contributed by atoms with Gasteiger partial charge in [0.05, 0.1) is 6.16 Å². The third-order valence-electron chi connectivity index (χ3n) is 7.90. The lowest BCUT2D eigenvalue weighted by molar-refractivity contribution is -0.274. The van der Waals surface area contributed by atoms with Crippen molar-refractivity contribution in [2.75, 3.05) is 6.16 Å². The van der Waals surface area contributed by atoms with E-state index in [-0.39, 0.29) is 29.7 Å². The first-order valence-electron chi connectivity index (χ1n) is 13.3. The smallest absolute Gasteiger partial charge is 0.573 e. The van der Waals surface area contributed by atoms with Gasteiger partial charge in [0.15, 0.2) is 0 Å². The summed E-state index contributed by atoms with van der Waals surface area (Å²) in [6, 6.07) is 39.5. The van der Waals surface area contributed by atoms with Crippen molar-refractivity contribution < 1.29 is 41.9 Å². The van der Waals surface area contributed by atoms with Gasteiger partial charge in [-0.3, -0.25) is 0 Å². The van der Waals surface area contributed by atoms with E-state index in [1.54, 1.807) is 12.1 Å². The summed E-state index contributed by atoms with van der Waals surface area (Å²) in [5, 5.41) is 4.27. The summed E-state index contributed by atoms with van der Waals surface area (Å²) in [4.78, 5) is 0. The van der Waals surface area contributed by atoms with Crippen molar-refractivity contribution in [2.45, 2.75) is 44.4 Å². The summed E-state index contributed by atoms with van der Waals surface area (Å²) in [6.45, 7) is 0. The maximum Gasteiger partial charge on any atom is 0.573 e. The largest absolute Gasteiger partial charge is 1.00 e. The Morgan fingerprint density at radius 2 is 1.05 bits per heavy atom. The van der Waals surface area contributed by atoms with Crippen LogP contribution in [0.15, 0.2) is 115 Å². The van der Waals surface area contributed by atoms with Crippen LogP contribution < -0.4 is 44.6 Å². The van der Waals surface area contributed by atoms with E-state index in [0.717, 1.165) is 43.8 Å². The van der Waals surface area contributed by atoms with Crippen LogP contribution in [-0.2, 0) is 0 Å². The van der Waals surface area contributed by atoms with Gasteiger partial charge in [-0.15, -0.1) is 13.2 Å². The van der Waals surface area contributed by atoms with E-state index in [2.05, 4.69) is 95.7 Å². The Hall–Kier alpha value is -2.37. The molecule has 0 atom stereocenters. The van der Waals surface area contributed by atoms with Crippen LogP contribution >= 0.6 is 7.26 Å². The number of halogens is 4. The summed E-state index contributed by atoms with van der Waals surface area (Å²) < 4.78 is 41.5. The lowest BCUT2D eigenvalue weighted by Gasteiger charge is -2.32. The first-order chi connectivity index (χ1) is 18.4. The highest BCUT2D eigenvalue weighted by atomic mass is 127. The lowest BCUT2D eigenvalue weighted by atomic mass is 9.78. The Kier molecular flexibility index (Phi) is 10.1. The number of benzene rings is 4. The summed E-state index contributed by atoms with van der Waals surface area (Å²) in [7, 11) is -1.82. The number of hydrogen-bond acceptors (Lipinski definition) is 1. The van der Waals surface area contributed by atoms with Crippen molar-refractivity contribution >= 4 is 23.2 Å². The molecule has 0 unspecified atom stereocenters. The van der Waals surface area contributed by atoms with Gasteiger partial charge in [-0.05, 0) is 98.0 Å². The molecule has 1 nitrogen and oxygen atoms in total. The molecule has 4 aromatic carbocycles. The Bertz CT molecular complexity index is 1180. The quantitative estimate of drug-likeness (QED) is 0.186. The van der Waals surface area contributed by atoms with Crippen LogP contribution in [0.5, 0.6) is 5.75 Å². The third kappa shape index (κ3) is 7.24. The monoisotopic (exact) mass is 660 g/mol. The van der Waals surface area contributed by atoms with Crippen LogP contribution in [0.3, 0.4) is 0 Å². The average molecular weight is 660 g/mol. The molecule has 0 amide bonds. The van der Waals surface area contributed by atoms with E-state index in [0.29, 0.717) is 11.8 Å². The highest BCUT2D eigenvalue weighted by molar-refractivity contribution is 7.95. The molecule has 0 heterocycles. The van der Waals surface area contributed by atoms with Crippen LogP contribution in [0.2, 0.25) is 0 Å². The molecule has 0 aliphatic heterocycles. The average Bonchev–Trinajstić information content (AvgIpc) is 2.95. The van der Waals surface area contributed by atoms with Gasteiger partial charge in [0.2, 0.25) is 0 Å². The highest BCUT2D eigenvalue weighted by Gasteiger charge is 2.45. The van der Waals surface area contributed by atoms with Gasteiger partial charge < -0.3 is 28.7 Å². The molecule has 1 aliphatic rings. The van der Waals surface area contributed by atoms with E-state index in [4.69, 9.17) is 0 Å². The lowest BCUT2D eigenvalue weighted by Crippen LogP contribution is -3.00. The Morgan fingerprint density at radius 1 is 0.615 bits per heavy atom. The normalized spacial score (nSPS) is 17.7. The molecular weight excluding hydrogens is 627 g/mol. The maximum absolute atomic E-state index is 12.5. The van der Waals surface area contributed by atoms with Gasteiger partial charge in [0.1, 0.15) is 28.9 Å². The van der Waals surface area contributed by atoms with E-state index in [9.17, 15) is 13.2 Å². The van der Waals surface area contributed by atoms with Crippen LogP contribution in [0, 0.1) is 5.92 Å². The van der Waals surface area contributed by atoms with Gasteiger partial charge in [-0.1, -0.05) is 66.7 Å². The molecule has 1 fully saturated rings. The van der Waals surface area contributed by atoms with E-state index >= 15 is 0 Å². The maximum atomic E-state index is 12.5. The predicted molar refractivity (Wildman–Crippen MR) is 152 cm³/mol. The van der Waals surface area contributed by atoms with E-state index in [1.807, 2.05) is 0 Å². The molecule has 4 aromatic rings. The molecule has 1 aliphatic carbocycles. The van der Waals surface area contributed by atoms with Crippen molar-refractivity contribution in [3.8, 4) is 5.75 Å². The van der Waals surface area contributed by atoms with Crippen molar-refractivity contribution in [1.29, 1.82) is 0 Å². The molecule has 0 radical (unpaired) electrons. The Labute approximate surface area is 247 Å². The standard InChI is InChI=1S/C33H33F3OP.HI/c34-33(35,36)37-29-22-20-28(21-23-29)27-18-16-26(17-19-27)24-25-38(30-10-4-1-5-11-30,31-12-6-2-7-13-31)32-14-8-3-9-15-32;/h1-15,20-23,26-27H,16-19,24-25H2;1H/q+1;/p-1/t26-,27-;. The topological polar surface area (TPSA) is 9.23 Å². The van der Waals surface area contributed by atoms with E-state index in [1.165, 1.54) is 28.0 Å². The molecule has 0 spiro atoms. The minimum absolute atomic E-state index is 0. The fourth-order valence-corrected chi connectivity index (χ4v) is 10.4. The van der Waals surface area contributed by atoms with Crippen molar-refractivity contribution in [3.05, 3.63) is 121 Å². The summed E-state index contributed by atoms with van der Waals surface area (Å²) in [5.74, 6) is 0.885. The van der Waals surface area contributed by atoms with Crippen molar-refractivity contribution in [1.82, 2.24) is 0 Å². The molecule has 0 N–H and O–H groups in total. The van der Waals surface area contributed by atoms with E-state index < -0.39 is 13.6 Å². The Morgan fingerprint density at radius 3 is 1.46 bits per heavy atom. The Balaban J connectivity index is 0.00000353. The molecular formula is C33H33F3IOP. The molecule has 0 bridgehead atoms. The molecule has 6 heteroatoms. The highest BCUT2D eigenvalue weighted by Crippen LogP contribution is 2.56. The van der Waals surface area contributed by atoms with Crippen LogP contribution in [0.1, 0.15) is 43.6 Å². The molecule has 1 saturated carbocycles. The number of ether oxygens (including phenoxy) is 1. The van der Waals surface area contributed by atoms with Crippen LogP contribution in [0.25, 0.3) is 0 Å². The molecule has 0 saturated heterocycles. The molecule has 5 rings (SSSR count). The van der Waals surface area contributed by atoms with Crippen LogP contribution in [0.4, 0.5) is 13.2 Å². The SMILES string of the molecule is FC(F)(F)Oc1ccc([C@H]2CC[C@H](CC[P+](c3ccccc3)(c3ccccc3)c3ccccc3)CC2)cc1.[I-]. The van der Waals surface area contributed by atoms with Gasteiger partial charge in [0, 0.05) is 0 Å². The first-order valence-corrected chi connectivity index (χ1v) is 15.3.